The molecule has 0 N–H and O–H groups in total. The highest BCUT2D eigenvalue weighted by atomic mass is 32.1. The average Bonchev–Trinajstić information content (AvgIpc) is 3.74. The molecule has 84 heavy (non-hydrogen) atoms. The van der Waals surface area contributed by atoms with Crippen molar-refractivity contribution in [3.05, 3.63) is 251 Å². The molecule has 0 radical (unpaired) electrons. The van der Waals surface area contributed by atoms with Crippen molar-refractivity contribution < 1.29 is 13.9 Å². The zero-order valence-corrected chi connectivity index (χ0v) is 49.1. The summed E-state index contributed by atoms with van der Waals surface area (Å²) in [5, 5.41) is 15.6. The largest absolute Gasteiger partial charge is 0.493 e. The number of aromatic nitrogens is 4. The Morgan fingerprint density at radius 1 is 0.583 bits per heavy atom. The second kappa shape index (κ2) is 23.3. The highest BCUT2D eigenvalue weighted by Gasteiger charge is 2.38. The Morgan fingerprint density at radius 2 is 1.06 bits per heavy atom. The van der Waals surface area contributed by atoms with Gasteiger partial charge in [-0.2, -0.15) is 5.26 Å². The van der Waals surface area contributed by atoms with Crippen LogP contribution < -0.4 is 42.0 Å². The van der Waals surface area contributed by atoms with Crippen LogP contribution in [0.4, 0.5) is 0 Å². The number of fused-ring (bicyclic) bond motifs is 3. The van der Waals surface area contributed by atoms with Gasteiger partial charge in [-0.15, -0.1) is 11.3 Å². The molecule has 0 saturated heterocycles. The Kier molecular flexibility index (Phi) is 15.3. The number of nitriles is 1. The first-order valence-electron chi connectivity index (χ1n) is 28.7. The average molecular weight is 1110 g/mol. The molecular formula is C72H62B2N6O3S. The molecule has 8 aromatic carbocycles. The van der Waals surface area contributed by atoms with Gasteiger partial charge >= 0.3 is 13.7 Å². The van der Waals surface area contributed by atoms with Gasteiger partial charge in [-0.05, 0) is 71.3 Å². The number of ether oxygens (including phenoxy) is 2. The van der Waals surface area contributed by atoms with E-state index < -0.39 is 13.7 Å². The Bertz CT molecular complexity index is 4420. The molecule has 0 bridgehead atoms. The SMILES string of the molecule is [C-]#[N+]/C(c1nc2cc(C(C)(C)C)ccc2o1)=c1\c2c(-c3cccc(OCC(C)C)c3)n(B(c3ccccc3)c3ccccc3)/c(=C(/C#N)c3nc4ccccc4s3)c2c(-c2cccc(OCC(C)C)c2)n1B(c1ccccc1)c1ccccc1. The number of hydrogen-bond donors (Lipinski definition) is 0. The lowest BCUT2D eigenvalue weighted by Crippen LogP contribution is -2.54. The first-order valence-corrected chi connectivity index (χ1v) is 29.5. The zero-order chi connectivity index (χ0) is 58.1. The predicted octanol–water partition coefficient (Wildman–Crippen LogP) is 13.0. The van der Waals surface area contributed by atoms with Crippen LogP contribution in [-0.4, -0.2) is 45.8 Å². The summed E-state index contributed by atoms with van der Waals surface area (Å²) in [6.07, 6.45) is 0. The Balaban J connectivity index is 1.43. The van der Waals surface area contributed by atoms with E-state index in [4.69, 9.17) is 23.9 Å². The van der Waals surface area contributed by atoms with Crippen LogP contribution in [0.1, 0.15) is 64.9 Å². The quantitative estimate of drug-likeness (QED) is 0.0706. The second-order valence-corrected chi connectivity index (χ2v) is 24.2. The summed E-state index contributed by atoms with van der Waals surface area (Å²) in [5.74, 6) is 2.03. The highest BCUT2D eigenvalue weighted by molar-refractivity contribution is 7.19. The van der Waals surface area contributed by atoms with E-state index in [0.29, 0.717) is 62.5 Å². The number of rotatable bonds is 16. The maximum atomic E-state index is 12.4. The molecule has 0 spiro atoms. The molecule has 0 aliphatic rings. The molecular weight excluding hydrogens is 1050 g/mol. The third-order valence-electron chi connectivity index (χ3n) is 15.2. The minimum absolute atomic E-state index is 0.166. The molecule has 0 fully saturated rings. The smallest absolute Gasteiger partial charge is 0.328 e. The van der Waals surface area contributed by atoms with Gasteiger partial charge in [0.2, 0.25) is 5.89 Å². The first-order chi connectivity index (χ1) is 40.9. The highest BCUT2D eigenvalue weighted by Crippen LogP contribution is 2.39. The van der Waals surface area contributed by atoms with E-state index in [1.165, 1.54) is 11.3 Å². The van der Waals surface area contributed by atoms with Crippen molar-refractivity contribution in [2.45, 2.75) is 53.9 Å². The predicted molar refractivity (Wildman–Crippen MR) is 347 cm³/mol. The Morgan fingerprint density at radius 3 is 1.52 bits per heavy atom. The van der Waals surface area contributed by atoms with Gasteiger partial charge in [0.05, 0.1) is 40.7 Å². The number of benzene rings is 8. The normalized spacial score (nSPS) is 12.4. The van der Waals surface area contributed by atoms with Crippen LogP contribution in [0.2, 0.25) is 0 Å². The molecule has 0 saturated carbocycles. The van der Waals surface area contributed by atoms with Gasteiger partial charge in [0.15, 0.2) is 5.58 Å². The van der Waals surface area contributed by atoms with E-state index in [2.05, 4.69) is 208 Å². The molecule has 0 aliphatic heterocycles. The molecule has 12 heteroatoms. The van der Waals surface area contributed by atoms with Gasteiger partial charge in [-0.3, -0.25) is 0 Å². The summed E-state index contributed by atoms with van der Waals surface area (Å²) < 4.78 is 25.9. The van der Waals surface area contributed by atoms with Crippen LogP contribution in [0.5, 0.6) is 11.5 Å². The molecule has 12 aromatic rings. The lowest BCUT2D eigenvalue weighted by atomic mass is 9.50. The Hall–Kier alpha value is -9.61. The van der Waals surface area contributed by atoms with Gasteiger partial charge in [0.1, 0.15) is 33.7 Å². The van der Waals surface area contributed by atoms with Crippen molar-refractivity contribution >= 4 is 90.2 Å². The molecule has 4 heterocycles. The number of hydrogen-bond acceptors (Lipinski definition) is 7. The van der Waals surface area contributed by atoms with Gasteiger partial charge in [-0.1, -0.05) is 234 Å². The van der Waals surface area contributed by atoms with E-state index in [0.717, 1.165) is 65.5 Å². The molecule has 9 nitrogen and oxygen atoms in total. The van der Waals surface area contributed by atoms with Crippen LogP contribution in [0, 0.1) is 29.7 Å². The van der Waals surface area contributed by atoms with Crippen LogP contribution in [0.25, 0.3) is 70.7 Å². The van der Waals surface area contributed by atoms with Crippen molar-refractivity contribution in [3.63, 3.8) is 0 Å². The van der Waals surface area contributed by atoms with Crippen molar-refractivity contribution in [1.82, 2.24) is 18.9 Å². The maximum Gasteiger partial charge on any atom is 0.328 e. The molecule has 12 rings (SSSR count). The molecule has 0 amide bonds. The lowest BCUT2D eigenvalue weighted by Gasteiger charge is -2.24. The maximum absolute atomic E-state index is 12.4. The lowest BCUT2D eigenvalue weighted by molar-refractivity contribution is 0.271. The van der Waals surface area contributed by atoms with Crippen molar-refractivity contribution in [2.75, 3.05) is 13.2 Å². The molecule has 4 aromatic heterocycles. The monoisotopic (exact) mass is 1110 g/mol. The van der Waals surface area contributed by atoms with Gasteiger partial charge in [-0.25, -0.2) is 14.8 Å². The number of nitrogens with zero attached hydrogens (tertiary/aromatic N) is 6. The Labute approximate surface area is 495 Å². The van der Waals surface area contributed by atoms with E-state index in [1.807, 2.05) is 72.8 Å². The first kappa shape index (κ1) is 55.0. The summed E-state index contributed by atoms with van der Waals surface area (Å²) in [6, 6.07) is 75.4. The van der Waals surface area contributed by atoms with Crippen LogP contribution in [0.3, 0.4) is 0 Å². The molecule has 410 valence electrons. The van der Waals surface area contributed by atoms with Crippen LogP contribution in [0.15, 0.2) is 217 Å². The van der Waals surface area contributed by atoms with Crippen molar-refractivity contribution in [1.29, 1.82) is 5.26 Å². The summed E-state index contributed by atoms with van der Waals surface area (Å²) >= 11 is 1.49. The zero-order valence-electron chi connectivity index (χ0n) is 48.2. The third-order valence-corrected chi connectivity index (χ3v) is 16.2. The molecule has 0 atom stereocenters. The van der Waals surface area contributed by atoms with Crippen molar-refractivity contribution in [2.24, 2.45) is 11.8 Å². The number of oxazole rings is 1. The van der Waals surface area contributed by atoms with Crippen LogP contribution in [-0.2, 0) is 5.41 Å². The van der Waals surface area contributed by atoms with Gasteiger partial charge < -0.3 is 22.8 Å². The van der Waals surface area contributed by atoms with E-state index in [9.17, 15) is 11.8 Å². The van der Waals surface area contributed by atoms with Crippen LogP contribution >= 0.6 is 11.3 Å². The topological polar surface area (TPSA) is 95.4 Å². The van der Waals surface area contributed by atoms with E-state index in [-0.39, 0.29) is 28.8 Å². The number of thiazole rings is 1. The van der Waals surface area contributed by atoms with Crippen molar-refractivity contribution in [3.8, 4) is 40.1 Å². The molecule has 0 aliphatic carbocycles. The summed E-state index contributed by atoms with van der Waals surface area (Å²) in [5.41, 5.74) is 10.4. The second-order valence-electron chi connectivity index (χ2n) is 23.2. The third kappa shape index (κ3) is 10.6. The summed E-state index contributed by atoms with van der Waals surface area (Å²) in [4.78, 5) is 15.3. The summed E-state index contributed by atoms with van der Waals surface area (Å²) in [6.45, 7) is 24.7. The summed E-state index contributed by atoms with van der Waals surface area (Å²) in [7, 11) is 0. The fourth-order valence-electron chi connectivity index (χ4n) is 11.4. The number of para-hydroxylation sites is 1. The minimum Gasteiger partial charge on any atom is -0.493 e. The van der Waals surface area contributed by atoms with E-state index >= 15 is 0 Å². The minimum atomic E-state index is -0.583. The fraction of sp³-hybridized carbons (Fsp3) is 0.167. The van der Waals surface area contributed by atoms with Gasteiger partial charge in [0, 0.05) is 33.3 Å². The van der Waals surface area contributed by atoms with E-state index in [1.54, 1.807) is 0 Å². The van der Waals surface area contributed by atoms with Gasteiger partial charge in [0.25, 0.3) is 5.70 Å². The fourth-order valence-corrected chi connectivity index (χ4v) is 12.3. The molecule has 0 unspecified atom stereocenters. The standard InChI is InChI=1S/C72H62B2N6O3S/c1-47(2)45-81-56-35-23-25-49(41-56)66-63-64(69(80(66)74(54-31-17-11-18-32-54)55-33-19-12-20-34-55)65(76-8)70-77-60-43-51(72(5,6)7)39-40-61(60)83-70)67(50-26-24-36-57(42-50)82-46-48(3)4)79(73(52-27-13-9-14-28-52)53-29-15-10-16-30-53)68(63)58(44-75)71-78-59-37-21-22-38-62(59)84-71/h9-43,47-48H,45-46H2,1-7H3/b68-58-,69-65+.